The van der Waals surface area contributed by atoms with Gasteiger partial charge in [0.05, 0.1) is 10.4 Å². The lowest BCUT2D eigenvalue weighted by molar-refractivity contribution is -0.143. The lowest BCUT2D eigenvalue weighted by atomic mass is 9.77. The van der Waals surface area contributed by atoms with Crippen molar-refractivity contribution in [2.45, 2.75) is 31.1 Å². The number of carboxylic acids is 1. The molecule has 0 atom stereocenters. The third-order valence-electron chi connectivity index (χ3n) is 4.04. The second-order valence-corrected chi connectivity index (χ2v) is 5.37. The molecule has 1 aliphatic carbocycles. The van der Waals surface area contributed by atoms with Crippen molar-refractivity contribution in [2.24, 2.45) is 0 Å². The summed E-state index contributed by atoms with van der Waals surface area (Å²) in [4.78, 5) is 14.8. The van der Waals surface area contributed by atoms with Crippen molar-refractivity contribution in [3.63, 3.8) is 0 Å². The molecule has 1 fully saturated rings. The van der Waals surface area contributed by atoms with Gasteiger partial charge in [0, 0.05) is 17.1 Å². The second kappa shape index (κ2) is 4.02. The van der Waals surface area contributed by atoms with Gasteiger partial charge in [0.15, 0.2) is 0 Å². The van der Waals surface area contributed by atoms with E-state index in [0.29, 0.717) is 17.9 Å². The summed E-state index contributed by atoms with van der Waals surface area (Å²) in [5.41, 5.74) is 1.01. The highest BCUT2D eigenvalue weighted by atomic mass is 35.5. The first-order valence-electron chi connectivity index (χ1n) is 6.15. The Balaban J connectivity index is 2.30. The Kier molecular flexibility index (Phi) is 2.59. The fourth-order valence-electron chi connectivity index (χ4n) is 3.12. The molecule has 4 heteroatoms. The summed E-state index contributed by atoms with van der Waals surface area (Å²) in [6, 6.07) is 5.73. The normalized spacial score (nSPS) is 18.3. The predicted octanol–water partition coefficient (Wildman–Crippen LogP) is 3.72. The van der Waals surface area contributed by atoms with Crippen LogP contribution in [0.2, 0.25) is 5.02 Å². The van der Waals surface area contributed by atoms with Crippen LogP contribution in [0.4, 0.5) is 0 Å². The Morgan fingerprint density at radius 3 is 2.72 bits per heavy atom. The number of carbonyl (C=O) groups is 1. The van der Waals surface area contributed by atoms with Crippen LogP contribution >= 0.6 is 11.6 Å². The first kappa shape index (κ1) is 11.6. The van der Waals surface area contributed by atoms with Crippen LogP contribution in [0.3, 0.4) is 0 Å². The van der Waals surface area contributed by atoms with Gasteiger partial charge in [-0.1, -0.05) is 36.6 Å². The van der Waals surface area contributed by atoms with Crippen molar-refractivity contribution < 1.29 is 9.90 Å². The number of aromatic amines is 1. The van der Waals surface area contributed by atoms with Gasteiger partial charge >= 0.3 is 5.97 Å². The first-order valence-corrected chi connectivity index (χ1v) is 6.52. The van der Waals surface area contributed by atoms with Gasteiger partial charge in [-0.3, -0.25) is 4.79 Å². The highest BCUT2D eigenvalue weighted by Crippen LogP contribution is 2.45. The maximum atomic E-state index is 11.7. The van der Waals surface area contributed by atoms with Crippen molar-refractivity contribution >= 4 is 28.5 Å². The maximum Gasteiger partial charge on any atom is 0.314 e. The van der Waals surface area contributed by atoms with Crippen LogP contribution in [0.5, 0.6) is 0 Å². The molecule has 0 amide bonds. The van der Waals surface area contributed by atoms with Crippen LogP contribution < -0.4 is 0 Å². The average Bonchev–Trinajstić information content (AvgIpc) is 2.97. The molecule has 94 valence electrons. The number of benzene rings is 1. The molecule has 0 saturated heterocycles. The van der Waals surface area contributed by atoms with Crippen LogP contribution in [0.25, 0.3) is 10.9 Å². The lowest BCUT2D eigenvalue weighted by Gasteiger charge is -2.25. The summed E-state index contributed by atoms with van der Waals surface area (Å²) in [6.45, 7) is 0. The molecule has 1 saturated carbocycles. The molecule has 0 unspecified atom stereocenters. The topological polar surface area (TPSA) is 53.1 Å². The number of rotatable bonds is 2. The van der Waals surface area contributed by atoms with E-state index in [2.05, 4.69) is 4.98 Å². The molecule has 0 radical (unpaired) electrons. The summed E-state index contributed by atoms with van der Waals surface area (Å²) in [5.74, 6) is -0.732. The minimum Gasteiger partial charge on any atom is -0.481 e. The Labute approximate surface area is 110 Å². The SMILES string of the molecule is O=C(O)C1(c2cccc3[nH]cc(Cl)c23)CCCC1. The molecule has 1 aromatic carbocycles. The van der Waals surface area contributed by atoms with Crippen molar-refractivity contribution in [1.29, 1.82) is 0 Å². The van der Waals surface area contributed by atoms with Gasteiger partial charge < -0.3 is 10.1 Å². The second-order valence-electron chi connectivity index (χ2n) is 4.96. The van der Waals surface area contributed by atoms with Crippen LogP contribution in [0.15, 0.2) is 24.4 Å². The predicted molar refractivity (Wildman–Crippen MR) is 71.1 cm³/mol. The average molecular weight is 264 g/mol. The fourth-order valence-corrected chi connectivity index (χ4v) is 3.38. The molecule has 18 heavy (non-hydrogen) atoms. The van der Waals surface area contributed by atoms with Gasteiger partial charge in [-0.05, 0) is 24.5 Å². The summed E-state index contributed by atoms with van der Waals surface area (Å²) >= 11 is 6.20. The third-order valence-corrected chi connectivity index (χ3v) is 4.34. The highest BCUT2D eigenvalue weighted by Gasteiger charge is 2.44. The molecule has 0 spiro atoms. The molecule has 0 bridgehead atoms. The minimum absolute atomic E-state index is 0.605. The van der Waals surface area contributed by atoms with Crippen LogP contribution in [0, 0.1) is 0 Å². The van der Waals surface area contributed by atoms with Crippen molar-refractivity contribution in [3.05, 3.63) is 35.0 Å². The number of aromatic nitrogens is 1. The number of aliphatic carboxylic acids is 1. The van der Waals surface area contributed by atoms with E-state index in [-0.39, 0.29) is 0 Å². The van der Waals surface area contributed by atoms with Gasteiger partial charge in [-0.2, -0.15) is 0 Å². The van der Waals surface area contributed by atoms with Gasteiger partial charge in [0.1, 0.15) is 0 Å². The van der Waals surface area contributed by atoms with E-state index < -0.39 is 11.4 Å². The summed E-state index contributed by atoms with van der Waals surface area (Å²) in [7, 11) is 0. The van der Waals surface area contributed by atoms with E-state index in [0.717, 1.165) is 29.3 Å². The number of hydrogen-bond donors (Lipinski definition) is 2. The number of halogens is 1. The molecule has 0 aliphatic heterocycles. The Bertz CT molecular complexity index is 611. The monoisotopic (exact) mass is 263 g/mol. The van der Waals surface area contributed by atoms with E-state index in [4.69, 9.17) is 11.6 Å². The summed E-state index contributed by atoms with van der Waals surface area (Å²) in [6.07, 6.45) is 5.04. The molecular weight excluding hydrogens is 250 g/mol. The van der Waals surface area contributed by atoms with Gasteiger partial charge in [-0.25, -0.2) is 0 Å². The van der Waals surface area contributed by atoms with Gasteiger partial charge in [-0.15, -0.1) is 0 Å². The number of nitrogens with one attached hydrogen (secondary N) is 1. The molecular formula is C14H14ClNO2. The van der Waals surface area contributed by atoms with E-state index in [1.807, 2.05) is 18.2 Å². The highest BCUT2D eigenvalue weighted by molar-refractivity contribution is 6.36. The molecule has 3 rings (SSSR count). The zero-order chi connectivity index (χ0) is 12.8. The number of carboxylic acid groups (broad SMARTS) is 1. The fraction of sp³-hybridized carbons (Fsp3) is 0.357. The van der Waals surface area contributed by atoms with E-state index in [1.165, 1.54) is 0 Å². The van der Waals surface area contributed by atoms with Crippen LogP contribution in [-0.2, 0) is 10.2 Å². The molecule has 3 nitrogen and oxygen atoms in total. The van der Waals surface area contributed by atoms with Crippen molar-refractivity contribution in [3.8, 4) is 0 Å². The zero-order valence-corrected chi connectivity index (χ0v) is 10.6. The zero-order valence-electron chi connectivity index (χ0n) is 9.87. The Morgan fingerprint density at radius 1 is 1.33 bits per heavy atom. The van der Waals surface area contributed by atoms with E-state index >= 15 is 0 Å². The first-order chi connectivity index (χ1) is 8.65. The lowest BCUT2D eigenvalue weighted by Crippen LogP contribution is -2.32. The summed E-state index contributed by atoms with van der Waals surface area (Å²) < 4.78 is 0. The summed E-state index contributed by atoms with van der Waals surface area (Å²) in [5, 5.41) is 11.1. The molecule has 1 heterocycles. The number of fused-ring (bicyclic) bond motifs is 1. The van der Waals surface area contributed by atoms with E-state index in [1.54, 1.807) is 6.20 Å². The van der Waals surface area contributed by atoms with Crippen molar-refractivity contribution in [1.82, 2.24) is 4.98 Å². The van der Waals surface area contributed by atoms with Gasteiger partial charge in [0.25, 0.3) is 0 Å². The Morgan fingerprint density at radius 2 is 2.06 bits per heavy atom. The molecule has 2 N–H and O–H groups in total. The third kappa shape index (κ3) is 1.47. The van der Waals surface area contributed by atoms with Gasteiger partial charge in [0.2, 0.25) is 0 Å². The van der Waals surface area contributed by atoms with E-state index in [9.17, 15) is 9.90 Å². The molecule has 1 aliphatic rings. The van der Waals surface area contributed by atoms with Crippen molar-refractivity contribution in [2.75, 3.05) is 0 Å². The largest absolute Gasteiger partial charge is 0.481 e. The van der Waals surface area contributed by atoms with Crippen LogP contribution in [-0.4, -0.2) is 16.1 Å². The Hall–Kier alpha value is -1.48. The minimum atomic E-state index is -0.759. The van der Waals surface area contributed by atoms with Crippen LogP contribution in [0.1, 0.15) is 31.2 Å². The number of H-pyrrole nitrogens is 1. The molecule has 2 aromatic rings. The smallest absolute Gasteiger partial charge is 0.314 e. The molecule has 1 aromatic heterocycles. The standard InChI is InChI=1S/C14H14ClNO2/c15-10-8-16-11-5-3-4-9(12(10)11)14(13(17)18)6-1-2-7-14/h3-5,8,16H,1-2,6-7H2,(H,17,18). The quantitative estimate of drug-likeness (QED) is 0.868. The number of hydrogen-bond acceptors (Lipinski definition) is 1. The maximum absolute atomic E-state index is 11.7.